The summed E-state index contributed by atoms with van der Waals surface area (Å²) in [6.45, 7) is 0. The molecule has 2 heterocycles. The molecule has 1 amide bonds. The highest BCUT2D eigenvalue weighted by Crippen LogP contribution is 2.36. The van der Waals surface area contributed by atoms with E-state index in [2.05, 4.69) is 0 Å². The first-order chi connectivity index (χ1) is 9.04. The first kappa shape index (κ1) is 13.2. The average molecular weight is 299 g/mol. The summed E-state index contributed by atoms with van der Waals surface area (Å²) in [7, 11) is 0. The van der Waals surface area contributed by atoms with Crippen LogP contribution in [0.25, 0.3) is 0 Å². The molecule has 2 aliphatic rings. The van der Waals surface area contributed by atoms with E-state index in [1.54, 1.807) is 18.2 Å². The molecule has 19 heavy (non-hydrogen) atoms. The molecule has 5 heteroatoms. The normalized spacial score (nSPS) is 29.6. The molecular formula is C14H16Cl2N2O. The molecule has 0 radical (unpaired) electrons. The van der Waals surface area contributed by atoms with Crippen molar-refractivity contribution in [2.24, 2.45) is 5.73 Å². The lowest BCUT2D eigenvalue weighted by Crippen LogP contribution is -2.50. The number of nitrogens with zero attached hydrogens (tertiary/aromatic N) is 1. The maximum Gasteiger partial charge on any atom is 0.254 e. The monoisotopic (exact) mass is 298 g/mol. The number of benzene rings is 1. The topological polar surface area (TPSA) is 46.3 Å². The van der Waals surface area contributed by atoms with Crippen molar-refractivity contribution in [1.29, 1.82) is 0 Å². The fraction of sp³-hybridized carbons (Fsp3) is 0.500. The van der Waals surface area contributed by atoms with Gasteiger partial charge in [-0.15, -0.1) is 0 Å². The van der Waals surface area contributed by atoms with Crippen LogP contribution >= 0.6 is 23.2 Å². The lowest BCUT2D eigenvalue weighted by Gasteiger charge is -2.37. The standard InChI is InChI=1S/C14H16Cl2N2O/c15-9-3-8(4-10(16)5-9)14(19)18-12-1-2-13(18)7-11(17)6-12/h3-5,11-13H,1-2,6-7,17H2. The van der Waals surface area contributed by atoms with Crippen molar-refractivity contribution in [3.05, 3.63) is 33.8 Å². The van der Waals surface area contributed by atoms with Crippen molar-refractivity contribution < 1.29 is 4.79 Å². The predicted octanol–water partition coefficient (Wildman–Crippen LogP) is 3.09. The van der Waals surface area contributed by atoms with Gasteiger partial charge in [-0.1, -0.05) is 23.2 Å². The van der Waals surface area contributed by atoms with E-state index in [4.69, 9.17) is 28.9 Å². The van der Waals surface area contributed by atoms with Crippen LogP contribution in [0.15, 0.2) is 18.2 Å². The van der Waals surface area contributed by atoms with E-state index >= 15 is 0 Å². The Labute approximate surface area is 122 Å². The zero-order chi connectivity index (χ0) is 13.6. The van der Waals surface area contributed by atoms with Gasteiger partial charge in [-0.05, 0) is 43.9 Å². The maximum absolute atomic E-state index is 12.6. The summed E-state index contributed by atoms with van der Waals surface area (Å²) < 4.78 is 0. The number of rotatable bonds is 1. The van der Waals surface area contributed by atoms with Crippen molar-refractivity contribution in [2.75, 3.05) is 0 Å². The predicted molar refractivity (Wildman–Crippen MR) is 76.7 cm³/mol. The van der Waals surface area contributed by atoms with Crippen LogP contribution in [0.2, 0.25) is 10.0 Å². The zero-order valence-electron chi connectivity index (χ0n) is 10.5. The molecule has 2 aliphatic heterocycles. The van der Waals surface area contributed by atoms with Gasteiger partial charge < -0.3 is 10.6 Å². The van der Waals surface area contributed by atoms with Gasteiger partial charge in [0.05, 0.1) is 0 Å². The first-order valence-electron chi connectivity index (χ1n) is 6.59. The number of hydrogen-bond acceptors (Lipinski definition) is 2. The van der Waals surface area contributed by atoms with Gasteiger partial charge in [-0.25, -0.2) is 0 Å². The summed E-state index contributed by atoms with van der Waals surface area (Å²) in [6.07, 6.45) is 3.91. The number of carbonyl (C=O) groups excluding carboxylic acids is 1. The fourth-order valence-corrected chi connectivity index (χ4v) is 3.90. The minimum atomic E-state index is 0.0313. The van der Waals surface area contributed by atoms with E-state index in [1.807, 2.05) is 4.90 Å². The van der Waals surface area contributed by atoms with E-state index in [-0.39, 0.29) is 24.0 Å². The molecule has 1 aromatic rings. The van der Waals surface area contributed by atoms with Crippen molar-refractivity contribution in [2.45, 2.75) is 43.8 Å². The summed E-state index contributed by atoms with van der Waals surface area (Å²) in [5.41, 5.74) is 6.60. The van der Waals surface area contributed by atoms with E-state index in [0.717, 1.165) is 25.7 Å². The molecule has 0 spiro atoms. The molecule has 2 bridgehead atoms. The van der Waals surface area contributed by atoms with Crippen LogP contribution < -0.4 is 5.73 Å². The van der Waals surface area contributed by atoms with Gasteiger partial charge in [-0.2, -0.15) is 0 Å². The Morgan fingerprint density at radius 3 is 2.16 bits per heavy atom. The van der Waals surface area contributed by atoms with Crippen molar-refractivity contribution in [1.82, 2.24) is 4.90 Å². The van der Waals surface area contributed by atoms with Crippen molar-refractivity contribution >= 4 is 29.1 Å². The van der Waals surface area contributed by atoms with E-state index < -0.39 is 0 Å². The van der Waals surface area contributed by atoms with Gasteiger partial charge >= 0.3 is 0 Å². The second kappa shape index (κ2) is 4.97. The lowest BCUT2D eigenvalue weighted by atomic mass is 9.97. The Morgan fingerprint density at radius 1 is 1.11 bits per heavy atom. The highest BCUT2D eigenvalue weighted by Gasteiger charge is 2.42. The van der Waals surface area contributed by atoms with Crippen LogP contribution in [0, 0.1) is 0 Å². The van der Waals surface area contributed by atoms with Gasteiger partial charge in [-0.3, -0.25) is 4.79 Å². The molecule has 2 unspecified atom stereocenters. The molecule has 102 valence electrons. The third kappa shape index (κ3) is 2.47. The second-order valence-electron chi connectivity index (χ2n) is 5.49. The van der Waals surface area contributed by atoms with E-state index in [9.17, 15) is 4.79 Å². The fourth-order valence-electron chi connectivity index (χ4n) is 3.38. The summed E-state index contributed by atoms with van der Waals surface area (Å²) >= 11 is 11.9. The van der Waals surface area contributed by atoms with Crippen LogP contribution in [0.3, 0.4) is 0 Å². The van der Waals surface area contributed by atoms with Crippen molar-refractivity contribution in [3.8, 4) is 0 Å². The highest BCUT2D eigenvalue weighted by molar-refractivity contribution is 6.35. The average Bonchev–Trinajstić information content (AvgIpc) is 2.59. The Balaban J connectivity index is 1.88. The molecule has 3 nitrogen and oxygen atoms in total. The summed E-state index contributed by atoms with van der Waals surface area (Å²) in [6, 6.07) is 5.79. The quantitative estimate of drug-likeness (QED) is 0.866. The number of nitrogens with two attached hydrogens (primary N) is 1. The van der Waals surface area contributed by atoms with Gasteiger partial charge in [0.25, 0.3) is 5.91 Å². The van der Waals surface area contributed by atoms with Gasteiger partial charge in [0.2, 0.25) is 0 Å². The van der Waals surface area contributed by atoms with Crippen LogP contribution in [-0.4, -0.2) is 28.9 Å². The Hall–Kier alpha value is -0.770. The zero-order valence-corrected chi connectivity index (χ0v) is 12.0. The minimum Gasteiger partial charge on any atom is -0.333 e. The van der Waals surface area contributed by atoms with Gasteiger partial charge in [0, 0.05) is 33.7 Å². The summed E-state index contributed by atoms with van der Waals surface area (Å²) in [5, 5.41) is 0.994. The Bertz CT molecular complexity index is 486. The van der Waals surface area contributed by atoms with Gasteiger partial charge in [0.1, 0.15) is 0 Å². The first-order valence-corrected chi connectivity index (χ1v) is 7.34. The molecule has 2 fully saturated rings. The van der Waals surface area contributed by atoms with E-state index in [1.165, 1.54) is 0 Å². The Kier molecular flexibility index (Phi) is 3.46. The van der Waals surface area contributed by atoms with Crippen LogP contribution in [0.5, 0.6) is 0 Å². The van der Waals surface area contributed by atoms with Crippen molar-refractivity contribution in [3.63, 3.8) is 0 Å². The third-order valence-corrected chi connectivity index (χ3v) is 4.55. The largest absolute Gasteiger partial charge is 0.333 e. The molecule has 2 saturated heterocycles. The number of amides is 1. The molecule has 0 saturated carbocycles. The molecule has 1 aromatic carbocycles. The van der Waals surface area contributed by atoms with Crippen LogP contribution in [-0.2, 0) is 0 Å². The molecular weight excluding hydrogens is 283 g/mol. The molecule has 3 rings (SSSR count). The maximum atomic E-state index is 12.6. The summed E-state index contributed by atoms with van der Waals surface area (Å²) in [5.74, 6) is 0.0313. The molecule has 2 N–H and O–H groups in total. The number of halogens is 2. The number of carbonyl (C=O) groups is 1. The van der Waals surface area contributed by atoms with E-state index in [0.29, 0.717) is 15.6 Å². The molecule has 0 aliphatic carbocycles. The Morgan fingerprint density at radius 2 is 1.63 bits per heavy atom. The smallest absolute Gasteiger partial charge is 0.254 e. The van der Waals surface area contributed by atoms with Gasteiger partial charge in [0.15, 0.2) is 0 Å². The second-order valence-corrected chi connectivity index (χ2v) is 6.36. The van der Waals surface area contributed by atoms with Crippen LogP contribution in [0.1, 0.15) is 36.0 Å². The van der Waals surface area contributed by atoms with Crippen LogP contribution in [0.4, 0.5) is 0 Å². The number of hydrogen-bond donors (Lipinski definition) is 1. The SMILES string of the molecule is NC1CC2CCC(C1)N2C(=O)c1cc(Cl)cc(Cl)c1. The third-order valence-electron chi connectivity index (χ3n) is 4.11. The summed E-state index contributed by atoms with van der Waals surface area (Å²) in [4.78, 5) is 14.6. The number of fused-ring (bicyclic) bond motifs is 2. The molecule has 2 atom stereocenters. The highest BCUT2D eigenvalue weighted by atomic mass is 35.5. The molecule has 0 aromatic heterocycles. The lowest BCUT2D eigenvalue weighted by molar-refractivity contribution is 0.0575. The number of piperidine rings is 1. The minimum absolute atomic E-state index is 0.0313.